The van der Waals surface area contributed by atoms with Gasteiger partial charge in [0.15, 0.2) is 0 Å². The summed E-state index contributed by atoms with van der Waals surface area (Å²) in [5.41, 5.74) is 6.81. The van der Waals surface area contributed by atoms with Crippen LogP contribution in [-0.2, 0) is 0 Å². The Hall–Kier alpha value is -0.640. The second kappa shape index (κ2) is 5.86. The second-order valence-electron chi connectivity index (χ2n) is 7.63. The van der Waals surface area contributed by atoms with E-state index in [1.54, 1.807) is 6.07 Å². The molecule has 3 N–H and O–H groups in total. The van der Waals surface area contributed by atoms with Crippen LogP contribution in [0.2, 0.25) is 5.02 Å². The fourth-order valence-corrected chi connectivity index (χ4v) is 3.61. The SMILES string of the molecule is CC(C)(C)C[C@@H]1NC[C@H](c2cccc(Cl)c2F)[C@]1(C)CN. The third kappa shape index (κ3) is 3.25. The van der Waals surface area contributed by atoms with Crippen LogP contribution in [0.15, 0.2) is 18.2 Å². The molecule has 118 valence electrons. The van der Waals surface area contributed by atoms with Gasteiger partial charge < -0.3 is 11.1 Å². The molecule has 0 bridgehead atoms. The maximum atomic E-state index is 14.4. The van der Waals surface area contributed by atoms with Crippen molar-refractivity contribution in [3.8, 4) is 0 Å². The first-order chi connectivity index (χ1) is 9.69. The van der Waals surface area contributed by atoms with Crippen molar-refractivity contribution in [1.82, 2.24) is 5.32 Å². The van der Waals surface area contributed by atoms with E-state index >= 15 is 0 Å². The first-order valence-electron chi connectivity index (χ1n) is 7.56. The highest BCUT2D eigenvalue weighted by Crippen LogP contribution is 2.46. The molecule has 0 spiro atoms. The van der Waals surface area contributed by atoms with Crippen molar-refractivity contribution in [3.63, 3.8) is 0 Å². The summed E-state index contributed by atoms with van der Waals surface area (Å²) in [6.45, 7) is 10.1. The van der Waals surface area contributed by atoms with E-state index < -0.39 is 0 Å². The Bertz CT molecular complexity index is 512. The Morgan fingerprint density at radius 3 is 2.67 bits per heavy atom. The van der Waals surface area contributed by atoms with Gasteiger partial charge in [-0.15, -0.1) is 0 Å². The number of nitrogens with one attached hydrogen (secondary N) is 1. The van der Waals surface area contributed by atoms with Crippen molar-refractivity contribution < 1.29 is 4.39 Å². The van der Waals surface area contributed by atoms with Gasteiger partial charge in [-0.05, 0) is 30.0 Å². The van der Waals surface area contributed by atoms with Crippen LogP contribution in [0.25, 0.3) is 0 Å². The third-order valence-corrected chi connectivity index (χ3v) is 5.07. The van der Waals surface area contributed by atoms with Gasteiger partial charge in [-0.3, -0.25) is 0 Å². The molecule has 2 nitrogen and oxygen atoms in total. The monoisotopic (exact) mass is 312 g/mol. The predicted molar refractivity (Wildman–Crippen MR) is 87.2 cm³/mol. The van der Waals surface area contributed by atoms with E-state index in [1.807, 2.05) is 12.1 Å². The molecule has 2 rings (SSSR count). The topological polar surface area (TPSA) is 38.0 Å². The van der Waals surface area contributed by atoms with Gasteiger partial charge in [0.2, 0.25) is 0 Å². The van der Waals surface area contributed by atoms with Gasteiger partial charge >= 0.3 is 0 Å². The largest absolute Gasteiger partial charge is 0.330 e. The highest BCUT2D eigenvalue weighted by atomic mass is 35.5. The van der Waals surface area contributed by atoms with Gasteiger partial charge in [-0.2, -0.15) is 0 Å². The third-order valence-electron chi connectivity index (χ3n) is 4.77. The summed E-state index contributed by atoms with van der Waals surface area (Å²) in [7, 11) is 0. The number of rotatable bonds is 3. The molecule has 0 aromatic heterocycles. The minimum atomic E-state index is -0.304. The minimum absolute atomic E-state index is 0.0496. The number of nitrogens with two attached hydrogens (primary N) is 1. The van der Waals surface area contributed by atoms with Crippen molar-refractivity contribution in [2.24, 2.45) is 16.6 Å². The van der Waals surface area contributed by atoms with E-state index in [2.05, 4.69) is 33.0 Å². The number of hydrogen-bond acceptors (Lipinski definition) is 2. The maximum Gasteiger partial charge on any atom is 0.145 e. The first kappa shape index (κ1) is 16.7. The van der Waals surface area contributed by atoms with Crippen LogP contribution in [0.4, 0.5) is 4.39 Å². The molecule has 0 radical (unpaired) electrons. The molecule has 1 fully saturated rings. The summed E-state index contributed by atoms with van der Waals surface area (Å²) in [5.74, 6) is -0.254. The lowest BCUT2D eigenvalue weighted by molar-refractivity contribution is 0.198. The van der Waals surface area contributed by atoms with Crippen molar-refractivity contribution in [2.75, 3.05) is 13.1 Å². The Balaban J connectivity index is 2.35. The van der Waals surface area contributed by atoms with E-state index in [4.69, 9.17) is 17.3 Å². The lowest BCUT2D eigenvalue weighted by atomic mass is 9.68. The number of benzene rings is 1. The summed E-state index contributed by atoms with van der Waals surface area (Å²) in [4.78, 5) is 0. The van der Waals surface area contributed by atoms with Crippen LogP contribution >= 0.6 is 11.6 Å². The molecule has 1 aromatic carbocycles. The zero-order valence-corrected chi connectivity index (χ0v) is 14.1. The van der Waals surface area contributed by atoms with E-state index in [1.165, 1.54) is 0 Å². The molecule has 1 aliphatic heterocycles. The molecule has 1 aromatic rings. The van der Waals surface area contributed by atoms with Gasteiger partial charge in [0.25, 0.3) is 0 Å². The van der Waals surface area contributed by atoms with Crippen molar-refractivity contribution in [2.45, 2.75) is 46.1 Å². The zero-order valence-electron chi connectivity index (χ0n) is 13.3. The Morgan fingerprint density at radius 2 is 2.10 bits per heavy atom. The maximum absolute atomic E-state index is 14.4. The minimum Gasteiger partial charge on any atom is -0.330 e. The molecule has 0 unspecified atom stereocenters. The van der Waals surface area contributed by atoms with Crippen LogP contribution in [0, 0.1) is 16.6 Å². The molecule has 21 heavy (non-hydrogen) atoms. The van der Waals surface area contributed by atoms with Gasteiger partial charge in [-0.25, -0.2) is 4.39 Å². The number of halogens is 2. The molecule has 0 saturated carbocycles. The standard InChI is InChI=1S/C17H26ClFN2/c1-16(2,3)8-14-17(4,10-20)12(9-21-14)11-6-5-7-13(18)15(11)19/h5-7,12,14,21H,8-10,20H2,1-4H3/t12-,14+,17+/m1/s1. The predicted octanol–water partition coefficient (Wildman–Crippen LogP) is 3.94. The van der Waals surface area contributed by atoms with Crippen LogP contribution < -0.4 is 11.1 Å². The summed E-state index contributed by atoms with van der Waals surface area (Å²) >= 11 is 5.94. The summed E-state index contributed by atoms with van der Waals surface area (Å²) in [5, 5.41) is 3.75. The van der Waals surface area contributed by atoms with E-state index in [0.29, 0.717) is 12.1 Å². The molecule has 0 aliphatic carbocycles. The van der Waals surface area contributed by atoms with E-state index in [0.717, 1.165) is 13.0 Å². The summed E-state index contributed by atoms with van der Waals surface area (Å²) in [6.07, 6.45) is 1.01. The van der Waals surface area contributed by atoms with Crippen LogP contribution in [0.1, 0.15) is 45.6 Å². The molecule has 1 saturated heterocycles. The van der Waals surface area contributed by atoms with Gasteiger partial charge in [0, 0.05) is 23.9 Å². The zero-order chi connectivity index (χ0) is 15.8. The van der Waals surface area contributed by atoms with Crippen LogP contribution in [-0.4, -0.2) is 19.1 Å². The fourth-order valence-electron chi connectivity index (χ4n) is 3.43. The average Bonchev–Trinajstić information content (AvgIpc) is 2.69. The quantitative estimate of drug-likeness (QED) is 0.887. The van der Waals surface area contributed by atoms with Crippen LogP contribution in [0.3, 0.4) is 0 Å². The van der Waals surface area contributed by atoms with Crippen molar-refractivity contribution in [1.29, 1.82) is 0 Å². The van der Waals surface area contributed by atoms with Crippen molar-refractivity contribution >= 4 is 11.6 Å². The normalized spacial score (nSPS) is 29.9. The highest BCUT2D eigenvalue weighted by molar-refractivity contribution is 6.30. The molecule has 3 atom stereocenters. The fraction of sp³-hybridized carbons (Fsp3) is 0.647. The van der Waals surface area contributed by atoms with Crippen molar-refractivity contribution in [3.05, 3.63) is 34.6 Å². The van der Waals surface area contributed by atoms with Gasteiger partial charge in [-0.1, -0.05) is 51.4 Å². The Morgan fingerprint density at radius 1 is 1.43 bits per heavy atom. The molecular formula is C17H26ClFN2. The molecule has 1 aliphatic rings. The van der Waals surface area contributed by atoms with Crippen LogP contribution in [0.5, 0.6) is 0 Å². The van der Waals surface area contributed by atoms with E-state index in [9.17, 15) is 4.39 Å². The van der Waals surface area contributed by atoms with Gasteiger partial charge in [0.1, 0.15) is 5.82 Å². The molecule has 4 heteroatoms. The summed E-state index contributed by atoms with van der Waals surface area (Å²) in [6, 6.07) is 5.52. The Labute approximate surface area is 132 Å². The first-order valence-corrected chi connectivity index (χ1v) is 7.94. The average molecular weight is 313 g/mol. The van der Waals surface area contributed by atoms with Gasteiger partial charge in [0.05, 0.1) is 5.02 Å². The molecular weight excluding hydrogens is 287 g/mol. The Kier molecular flexibility index (Phi) is 4.67. The van der Waals surface area contributed by atoms with E-state index in [-0.39, 0.29) is 33.6 Å². The highest BCUT2D eigenvalue weighted by Gasteiger charge is 2.48. The smallest absolute Gasteiger partial charge is 0.145 e. The molecule has 0 amide bonds. The molecule has 1 heterocycles. The second-order valence-corrected chi connectivity index (χ2v) is 8.04. The number of hydrogen-bond donors (Lipinski definition) is 2. The lowest BCUT2D eigenvalue weighted by Crippen LogP contribution is -2.44. The lowest BCUT2D eigenvalue weighted by Gasteiger charge is -2.38. The summed E-state index contributed by atoms with van der Waals surface area (Å²) < 4.78 is 14.4.